The normalized spacial score (nSPS) is 19.5. The van der Waals surface area contributed by atoms with Crippen LogP contribution in [0.4, 0.5) is 0 Å². The highest BCUT2D eigenvalue weighted by molar-refractivity contribution is 7.13. The van der Waals surface area contributed by atoms with Crippen molar-refractivity contribution < 1.29 is 19.4 Å². The van der Waals surface area contributed by atoms with Gasteiger partial charge in [0.25, 0.3) is 0 Å². The molecule has 1 aliphatic rings. The summed E-state index contributed by atoms with van der Waals surface area (Å²) >= 11 is 1.49. The Hall–Kier alpha value is -1.98. The van der Waals surface area contributed by atoms with Gasteiger partial charge in [-0.05, 0) is 61.3 Å². The molecule has 0 amide bonds. The van der Waals surface area contributed by atoms with Gasteiger partial charge in [0, 0.05) is 17.2 Å². The predicted molar refractivity (Wildman–Crippen MR) is 125 cm³/mol. The number of ketones is 1. The van der Waals surface area contributed by atoms with Crippen LogP contribution in [0.3, 0.4) is 0 Å². The zero-order chi connectivity index (χ0) is 22.2. The summed E-state index contributed by atoms with van der Waals surface area (Å²) in [6.45, 7) is 2.16. The van der Waals surface area contributed by atoms with Crippen molar-refractivity contribution in [2.24, 2.45) is 5.92 Å². The molecule has 0 aliphatic heterocycles. The van der Waals surface area contributed by atoms with Crippen LogP contribution in [0, 0.1) is 5.92 Å². The van der Waals surface area contributed by atoms with Crippen molar-refractivity contribution in [2.45, 2.75) is 76.7 Å². The van der Waals surface area contributed by atoms with E-state index in [2.05, 4.69) is 6.92 Å². The van der Waals surface area contributed by atoms with Crippen molar-refractivity contribution in [1.82, 2.24) is 0 Å². The summed E-state index contributed by atoms with van der Waals surface area (Å²) in [5.41, 5.74) is 2.03. The van der Waals surface area contributed by atoms with Gasteiger partial charge in [-0.1, -0.05) is 50.5 Å². The number of benzene rings is 1. The minimum absolute atomic E-state index is 0.0275. The van der Waals surface area contributed by atoms with Gasteiger partial charge < -0.3 is 9.84 Å². The van der Waals surface area contributed by atoms with Gasteiger partial charge in [0.05, 0.1) is 13.2 Å². The molecule has 4 nitrogen and oxygen atoms in total. The van der Waals surface area contributed by atoms with Crippen molar-refractivity contribution in [2.75, 3.05) is 7.11 Å². The fourth-order valence-corrected chi connectivity index (χ4v) is 5.59. The quantitative estimate of drug-likeness (QED) is 0.331. The Bertz CT molecular complexity index is 855. The fraction of sp³-hybridized carbons (Fsp3) is 0.538. The average Bonchev–Trinajstić information content (AvgIpc) is 3.40. The molecule has 1 aliphatic carbocycles. The average molecular weight is 443 g/mol. The first-order valence-corrected chi connectivity index (χ1v) is 12.3. The number of carbonyl (C=O) groups is 2. The van der Waals surface area contributed by atoms with E-state index in [0.29, 0.717) is 23.0 Å². The maximum Gasteiger partial charge on any atom is 0.348 e. The van der Waals surface area contributed by atoms with E-state index in [1.54, 1.807) is 0 Å². The number of rotatable bonds is 11. The van der Waals surface area contributed by atoms with E-state index in [9.17, 15) is 14.7 Å². The molecule has 168 valence electrons. The van der Waals surface area contributed by atoms with Crippen LogP contribution in [0.2, 0.25) is 0 Å². The maximum atomic E-state index is 12.6. The second-order valence-electron chi connectivity index (χ2n) is 8.57. The first-order chi connectivity index (χ1) is 15.0. The third kappa shape index (κ3) is 6.27. The molecule has 0 radical (unpaired) electrons. The molecule has 3 atom stereocenters. The Morgan fingerprint density at radius 2 is 1.94 bits per heavy atom. The summed E-state index contributed by atoms with van der Waals surface area (Å²) in [5.74, 6) is 0.398. The molecule has 0 bridgehead atoms. The van der Waals surface area contributed by atoms with E-state index in [0.717, 1.165) is 62.5 Å². The molecule has 1 aromatic heterocycles. The Balaban J connectivity index is 1.55. The van der Waals surface area contributed by atoms with Crippen LogP contribution < -0.4 is 0 Å². The van der Waals surface area contributed by atoms with Crippen LogP contribution >= 0.6 is 11.3 Å². The first-order valence-electron chi connectivity index (χ1n) is 11.5. The lowest BCUT2D eigenvalue weighted by Gasteiger charge is -2.20. The molecule has 2 aromatic rings. The number of Topliss-reactive ketones (excluding diaryl/α,β-unsaturated/α-hetero) is 1. The Labute approximate surface area is 189 Å². The second-order valence-corrected chi connectivity index (χ2v) is 9.74. The van der Waals surface area contributed by atoms with E-state index in [1.165, 1.54) is 23.3 Å². The number of carbonyl (C=O) groups excluding carboxylic acids is 2. The number of ether oxygens (including phenoxy) is 1. The zero-order valence-electron chi connectivity index (χ0n) is 18.6. The van der Waals surface area contributed by atoms with Crippen LogP contribution in [-0.4, -0.2) is 24.0 Å². The standard InChI is InChI=1S/C26H34O4S/c1-3-4-5-9-22(27)18-10-12-20(13-11-18)25-19(14-16-23(25)28)7-6-8-21-15-17-24(31-21)26(29)30-2/h10-13,15,17,19,22,25,27H,3-9,14,16H2,1-2H3/t19-,22-,25-/m0/s1. The monoisotopic (exact) mass is 442 g/mol. The number of hydrogen-bond donors (Lipinski definition) is 1. The smallest absolute Gasteiger partial charge is 0.348 e. The Morgan fingerprint density at radius 1 is 1.16 bits per heavy atom. The largest absolute Gasteiger partial charge is 0.465 e. The van der Waals surface area contributed by atoms with Crippen LogP contribution in [-0.2, 0) is 16.0 Å². The van der Waals surface area contributed by atoms with Gasteiger partial charge in [0.1, 0.15) is 10.7 Å². The highest BCUT2D eigenvalue weighted by atomic mass is 32.1. The first kappa shape index (κ1) is 23.7. The van der Waals surface area contributed by atoms with Crippen molar-refractivity contribution >= 4 is 23.1 Å². The topological polar surface area (TPSA) is 63.6 Å². The van der Waals surface area contributed by atoms with Crippen LogP contribution in [0.1, 0.15) is 96.0 Å². The fourth-order valence-electron chi connectivity index (χ4n) is 4.62. The van der Waals surface area contributed by atoms with Gasteiger partial charge in [-0.3, -0.25) is 4.79 Å². The van der Waals surface area contributed by atoms with Gasteiger partial charge in [-0.2, -0.15) is 0 Å². The summed E-state index contributed by atoms with van der Waals surface area (Å²) in [5, 5.41) is 10.4. The van der Waals surface area contributed by atoms with E-state index in [-0.39, 0.29) is 11.9 Å². The van der Waals surface area contributed by atoms with Crippen LogP contribution in [0.15, 0.2) is 36.4 Å². The molecule has 0 spiro atoms. The summed E-state index contributed by atoms with van der Waals surface area (Å²) in [4.78, 5) is 26.1. The molecule has 0 unspecified atom stereocenters. The lowest BCUT2D eigenvalue weighted by molar-refractivity contribution is -0.119. The van der Waals surface area contributed by atoms with Crippen LogP contribution in [0.25, 0.3) is 0 Å². The molecule has 0 saturated heterocycles. The Kier molecular flexibility index (Phi) is 8.85. The van der Waals surface area contributed by atoms with E-state index in [1.807, 2.05) is 36.4 Å². The van der Waals surface area contributed by atoms with E-state index < -0.39 is 6.10 Å². The third-order valence-electron chi connectivity index (χ3n) is 6.39. The number of esters is 1. The summed E-state index contributed by atoms with van der Waals surface area (Å²) in [6.07, 6.45) is 8.22. The predicted octanol–water partition coefficient (Wildman–Crippen LogP) is 6.23. The van der Waals surface area contributed by atoms with Crippen molar-refractivity contribution in [3.63, 3.8) is 0 Å². The number of aliphatic hydroxyl groups excluding tert-OH is 1. The molecule has 1 N–H and O–H groups in total. The van der Waals surface area contributed by atoms with Gasteiger partial charge >= 0.3 is 5.97 Å². The number of thiophene rings is 1. The number of unbranched alkanes of at least 4 members (excludes halogenated alkanes) is 2. The summed E-state index contributed by atoms with van der Waals surface area (Å²) in [6, 6.07) is 11.9. The van der Waals surface area contributed by atoms with Gasteiger partial charge in [0.2, 0.25) is 0 Å². The molecule has 1 saturated carbocycles. The number of aliphatic hydroxyl groups is 1. The minimum Gasteiger partial charge on any atom is -0.465 e. The molecule has 31 heavy (non-hydrogen) atoms. The second kappa shape index (κ2) is 11.6. The van der Waals surface area contributed by atoms with Crippen molar-refractivity contribution in [3.05, 3.63) is 57.3 Å². The lowest BCUT2D eigenvalue weighted by Crippen LogP contribution is -2.13. The molecular formula is C26H34O4S. The van der Waals surface area contributed by atoms with E-state index in [4.69, 9.17) is 4.74 Å². The molecule has 1 aromatic carbocycles. The molecule has 3 rings (SSSR count). The van der Waals surface area contributed by atoms with Gasteiger partial charge in [0.15, 0.2) is 0 Å². The maximum absolute atomic E-state index is 12.6. The lowest BCUT2D eigenvalue weighted by atomic mass is 9.84. The van der Waals surface area contributed by atoms with Gasteiger partial charge in [-0.15, -0.1) is 11.3 Å². The highest BCUT2D eigenvalue weighted by Crippen LogP contribution is 2.40. The number of hydrogen-bond acceptors (Lipinski definition) is 5. The van der Waals surface area contributed by atoms with Gasteiger partial charge in [-0.25, -0.2) is 4.79 Å². The van der Waals surface area contributed by atoms with Crippen molar-refractivity contribution in [3.8, 4) is 0 Å². The SMILES string of the molecule is CCCCC[C@H](O)c1ccc([C@H]2C(=O)CC[C@@H]2CCCc2ccc(C(=O)OC)s2)cc1. The number of methoxy groups -OCH3 is 1. The van der Waals surface area contributed by atoms with Crippen molar-refractivity contribution in [1.29, 1.82) is 0 Å². The number of aryl methyl sites for hydroxylation is 1. The molecular weight excluding hydrogens is 408 g/mol. The molecule has 1 heterocycles. The highest BCUT2D eigenvalue weighted by Gasteiger charge is 2.35. The minimum atomic E-state index is -0.420. The molecule has 5 heteroatoms. The Morgan fingerprint density at radius 3 is 2.65 bits per heavy atom. The zero-order valence-corrected chi connectivity index (χ0v) is 19.5. The third-order valence-corrected chi connectivity index (χ3v) is 7.51. The summed E-state index contributed by atoms with van der Waals surface area (Å²) in [7, 11) is 1.40. The summed E-state index contributed by atoms with van der Waals surface area (Å²) < 4.78 is 4.78. The van der Waals surface area contributed by atoms with Crippen LogP contribution in [0.5, 0.6) is 0 Å². The van der Waals surface area contributed by atoms with E-state index >= 15 is 0 Å². The molecule has 1 fully saturated rings.